The first-order valence-electron chi connectivity index (χ1n) is 9.15. The number of rotatable bonds is 5. The van der Waals surface area contributed by atoms with Gasteiger partial charge in [0, 0.05) is 24.4 Å². The second kappa shape index (κ2) is 7.49. The maximum Gasteiger partial charge on any atom is 0.229 e. The molecule has 1 fully saturated rings. The van der Waals surface area contributed by atoms with Gasteiger partial charge in [-0.3, -0.25) is 0 Å². The van der Waals surface area contributed by atoms with Crippen LogP contribution in [0.4, 0.5) is 5.82 Å². The zero-order valence-electron chi connectivity index (χ0n) is 16.4. The van der Waals surface area contributed by atoms with Crippen molar-refractivity contribution in [3.63, 3.8) is 0 Å². The summed E-state index contributed by atoms with van der Waals surface area (Å²) in [5.74, 6) is 4.18. The highest BCUT2D eigenvalue weighted by molar-refractivity contribution is 5.99. The lowest BCUT2D eigenvalue weighted by molar-refractivity contribution is 0.326. The first kappa shape index (κ1) is 18.3. The molecule has 1 saturated heterocycles. The quantitative estimate of drug-likeness (QED) is 0.657. The third-order valence-corrected chi connectivity index (χ3v) is 5.14. The van der Waals surface area contributed by atoms with Crippen LogP contribution in [0.1, 0.15) is 30.5 Å². The number of fused-ring (bicyclic) bond motifs is 1. The molecule has 1 aromatic carbocycles. The van der Waals surface area contributed by atoms with E-state index in [2.05, 4.69) is 25.2 Å². The van der Waals surface area contributed by atoms with Gasteiger partial charge in [0.15, 0.2) is 23.1 Å². The van der Waals surface area contributed by atoms with Crippen molar-refractivity contribution in [2.24, 2.45) is 0 Å². The van der Waals surface area contributed by atoms with Gasteiger partial charge < -0.3 is 23.6 Å². The van der Waals surface area contributed by atoms with Gasteiger partial charge in [0.25, 0.3) is 0 Å². The van der Waals surface area contributed by atoms with Gasteiger partial charge in [-0.05, 0) is 25.8 Å². The molecule has 0 saturated carbocycles. The predicted octanol–water partition coefficient (Wildman–Crippen LogP) is 2.73. The van der Waals surface area contributed by atoms with E-state index in [1.54, 1.807) is 27.5 Å². The standard InChI is InChI=1S/C19H23N5O4/c1-11-21-19(28-23-11)12-5-7-24(8-6-12)18-13-9-15(25-2)17(27-4)16(26-3)14(13)10-20-22-18/h9-10,12H,5-8H2,1-4H3. The zero-order valence-corrected chi connectivity index (χ0v) is 16.4. The number of aryl methyl sites for hydroxylation is 1. The normalized spacial score (nSPS) is 15.1. The van der Waals surface area contributed by atoms with Gasteiger partial charge >= 0.3 is 0 Å². The molecule has 0 spiro atoms. The van der Waals surface area contributed by atoms with Gasteiger partial charge in [-0.15, -0.1) is 5.10 Å². The molecule has 0 amide bonds. The second-order valence-electron chi connectivity index (χ2n) is 6.72. The number of hydrogen-bond acceptors (Lipinski definition) is 9. The Morgan fingerprint density at radius 2 is 1.79 bits per heavy atom. The molecule has 1 aliphatic rings. The monoisotopic (exact) mass is 385 g/mol. The highest BCUT2D eigenvalue weighted by Gasteiger charge is 2.28. The van der Waals surface area contributed by atoms with Gasteiger partial charge in [0.2, 0.25) is 11.6 Å². The van der Waals surface area contributed by atoms with E-state index >= 15 is 0 Å². The molecule has 0 N–H and O–H groups in total. The summed E-state index contributed by atoms with van der Waals surface area (Å²) in [5.41, 5.74) is 0. The van der Waals surface area contributed by atoms with Crippen LogP contribution in [0.5, 0.6) is 17.2 Å². The average Bonchev–Trinajstić information content (AvgIpc) is 3.18. The van der Waals surface area contributed by atoms with Gasteiger partial charge in [-0.25, -0.2) is 0 Å². The summed E-state index contributed by atoms with van der Waals surface area (Å²) < 4.78 is 21.9. The van der Waals surface area contributed by atoms with E-state index in [-0.39, 0.29) is 5.92 Å². The Hall–Kier alpha value is -3.10. The molecule has 1 aliphatic heterocycles. The van der Waals surface area contributed by atoms with Crippen LogP contribution >= 0.6 is 0 Å². The van der Waals surface area contributed by atoms with Crippen LogP contribution in [0.25, 0.3) is 10.8 Å². The van der Waals surface area contributed by atoms with Crippen LogP contribution < -0.4 is 19.1 Å². The third-order valence-electron chi connectivity index (χ3n) is 5.14. The van der Waals surface area contributed by atoms with Crippen LogP contribution in [-0.4, -0.2) is 54.8 Å². The van der Waals surface area contributed by atoms with Gasteiger partial charge in [-0.1, -0.05) is 5.16 Å². The Morgan fingerprint density at radius 3 is 2.39 bits per heavy atom. The van der Waals surface area contributed by atoms with Crippen LogP contribution in [0, 0.1) is 6.92 Å². The maximum absolute atomic E-state index is 5.59. The maximum atomic E-state index is 5.59. The van der Waals surface area contributed by atoms with Crippen molar-refractivity contribution >= 4 is 16.6 Å². The number of piperidine rings is 1. The van der Waals surface area contributed by atoms with Gasteiger partial charge in [-0.2, -0.15) is 10.1 Å². The van der Waals surface area contributed by atoms with E-state index in [1.165, 1.54) is 0 Å². The van der Waals surface area contributed by atoms with Crippen molar-refractivity contribution < 1.29 is 18.7 Å². The minimum absolute atomic E-state index is 0.268. The van der Waals surface area contributed by atoms with Crippen LogP contribution in [0.15, 0.2) is 16.8 Å². The molecule has 4 rings (SSSR count). The fraction of sp³-hybridized carbons (Fsp3) is 0.474. The molecular formula is C19H23N5O4. The first-order valence-corrected chi connectivity index (χ1v) is 9.15. The summed E-state index contributed by atoms with van der Waals surface area (Å²) >= 11 is 0. The Kier molecular flexibility index (Phi) is 4.89. The molecule has 0 unspecified atom stereocenters. The van der Waals surface area contributed by atoms with E-state index < -0.39 is 0 Å². The Bertz CT molecular complexity index is 982. The molecule has 2 aromatic heterocycles. The Balaban J connectivity index is 1.68. The number of methoxy groups -OCH3 is 3. The van der Waals surface area contributed by atoms with E-state index in [4.69, 9.17) is 18.7 Å². The Morgan fingerprint density at radius 1 is 1.04 bits per heavy atom. The minimum atomic E-state index is 0.268. The zero-order chi connectivity index (χ0) is 19.7. The largest absolute Gasteiger partial charge is 0.493 e. The smallest absolute Gasteiger partial charge is 0.229 e. The molecule has 9 heteroatoms. The van der Waals surface area contributed by atoms with Gasteiger partial charge in [0.1, 0.15) is 0 Å². The van der Waals surface area contributed by atoms with Crippen LogP contribution in [-0.2, 0) is 0 Å². The summed E-state index contributed by atoms with van der Waals surface area (Å²) in [5, 5.41) is 14.3. The second-order valence-corrected chi connectivity index (χ2v) is 6.72. The topological polar surface area (TPSA) is 95.6 Å². The lowest BCUT2D eigenvalue weighted by Gasteiger charge is -2.31. The molecule has 0 aliphatic carbocycles. The molecular weight excluding hydrogens is 362 g/mol. The molecule has 0 atom stereocenters. The molecule has 148 valence electrons. The highest BCUT2D eigenvalue weighted by Crippen LogP contribution is 2.45. The van der Waals surface area contributed by atoms with Crippen molar-refractivity contribution in [3.05, 3.63) is 24.0 Å². The van der Waals surface area contributed by atoms with E-state index in [0.717, 1.165) is 42.5 Å². The molecule has 0 bridgehead atoms. The third kappa shape index (κ3) is 3.06. The number of benzene rings is 1. The number of nitrogens with zero attached hydrogens (tertiary/aromatic N) is 5. The Labute approximate surface area is 162 Å². The molecule has 3 heterocycles. The number of hydrogen-bond donors (Lipinski definition) is 0. The van der Waals surface area contributed by atoms with Crippen molar-refractivity contribution in [1.29, 1.82) is 0 Å². The van der Waals surface area contributed by atoms with Gasteiger partial charge in [0.05, 0.1) is 32.9 Å². The van der Waals surface area contributed by atoms with Crippen LogP contribution in [0.2, 0.25) is 0 Å². The molecule has 28 heavy (non-hydrogen) atoms. The number of aromatic nitrogens is 4. The van der Waals surface area contributed by atoms with Crippen molar-refractivity contribution in [3.8, 4) is 17.2 Å². The minimum Gasteiger partial charge on any atom is -0.493 e. The summed E-state index contributed by atoms with van der Waals surface area (Å²) in [4.78, 5) is 6.60. The summed E-state index contributed by atoms with van der Waals surface area (Å²) in [7, 11) is 4.80. The summed E-state index contributed by atoms with van der Waals surface area (Å²) in [6, 6.07) is 1.92. The molecule has 3 aromatic rings. The highest BCUT2D eigenvalue weighted by atomic mass is 16.5. The number of anilines is 1. The first-order chi connectivity index (χ1) is 13.7. The summed E-state index contributed by atoms with van der Waals surface area (Å²) in [6.07, 6.45) is 3.50. The van der Waals surface area contributed by atoms with Crippen molar-refractivity contribution in [1.82, 2.24) is 20.3 Å². The lowest BCUT2D eigenvalue weighted by Crippen LogP contribution is -2.33. The van der Waals surface area contributed by atoms with Crippen LogP contribution in [0.3, 0.4) is 0 Å². The molecule has 9 nitrogen and oxygen atoms in total. The fourth-order valence-corrected chi connectivity index (χ4v) is 3.74. The lowest BCUT2D eigenvalue weighted by atomic mass is 9.96. The predicted molar refractivity (Wildman–Crippen MR) is 102 cm³/mol. The van der Waals surface area contributed by atoms with E-state index in [0.29, 0.717) is 29.0 Å². The fourth-order valence-electron chi connectivity index (χ4n) is 3.74. The van der Waals surface area contributed by atoms with Crippen molar-refractivity contribution in [2.75, 3.05) is 39.3 Å². The van der Waals surface area contributed by atoms with E-state index in [1.807, 2.05) is 13.0 Å². The summed E-state index contributed by atoms with van der Waals surface area (Å²) in [6.45, 7) is 3.47. The van der Waals surface area contributed by atoms with Crippen molar-refractivity contribution in [2.45, 2.75) is 25.7 Å². The van der Waals surface area contributed by atoms with E-state index in [9.17, 15) is 0 Å². The number of ether oxygens (including phenoxy) is 3. The molecule has 0 radical (unpaired) electrons. The SMILES string of the molecule is COc1cc2c(N3CCC(c4nc(C)no4)CC3)nncc2c(OC)c1OC. The average molecular weight is 385 g/mol.